The van der Waals surface area contributed by atoms with E-state index in [1.54, 1.807) is 30.3 Å². The number of amides is 1. The minimum absolute atomic E-state index is 0.0759. The Morgan fingerprint density at radius 3 is 2.95 bits per heavy atom. The van der Waals surface area contributed by atoms with Crippen molar-refractivity contribution >= 4 is 39.5 Å². The third-order valence-electron chi connectivity index (χ3n) is 2.68. The van der Waals surface area contributed by atoms with E-state index < -0.39 is 0 Å². The van der Waals surface area contributed by atoms with E-state index in [1.807, 2.05) is 11.4 Å². The number of rotatable bonds is 5. The fourth-order valence-electron chi connectivity index (χ4n) is 1.60. The lowest BCUT2D eigenvalue weighted by molar-refractivity contribution is 0.0802. The summed E-state index contributed by atoms with van der Waals surface area (Å²) >= 11 is 2.98. The van der Waals surface area contributed by atoms with Gasteiger partial charge in [-0.05, 0) is 17.9 Å². The SMILES string of the molecule is CNc1nc(N)c(C(=O)N(C)CCc2cccs2)s1. The van der Waals surface area contributed by atoms with Gasteiger partial charge in [-0.2, -0.15) is 0 Å². The molecule has 0 unspecified atom stereocenters. The van der Waals surface area contributed by atoms with Crippen LogP contribution in [0.3, 0.4) is 0 Å². The number of hydrogen-bond donors (Lipinski definition) is 2. The minimum Gasteiger partial charge on any atom is -0.382 e. The molecule has 1 amide bonds. The van der Waals surface area contributed by atoms with Crippen LogP contribution in [0.15, 0.2) is 17.5 Å². The highest BCUT2D eigenvalue weighted by molar-refractivity contribution is 7.18. The van der Waals surface area contributed by atoms with Crippen LogP contribution in [0.2, 0.25) is 0 Å². The van der Waals surface area contributed by atoms with Crippen molar-refractivity contribution in [3.05, 3.63) is 27.3 Å². The van der Waals surface area contributed by atoms with E-state index in [4.69, 9.17) is 5.73 Å². The monoisotopic (exact) mass is 296 g/mol. The van der Waals surface area contributed by atoms with Crippen molar-refractivity contribution in [2.45, 2.75) is 6.42 Å². The van der Waals surface area contributed by atoms with Crippen molar-refractivity contribution < 1.29 is 4.79 Å². The molecule has 0 saturated heterocycles. The molecule has 2 aromatic heterocycles. The van der Waals surface area contributed by atoms with Crippen molar-refractivity contribution in [1.82, 2.24) is 9.88 Å². The van der Waals surface area contributed by atoms with Gasteiger partial charge in [-0.1, -0.05) is 17.4 Å². The van der Waals surface area contributed by atoms with E-state index in [0.29, 0.717) is 22.4 Å². The molecule has 7 heteroatoms. The molecule has 0 aromatic carbocycles. The van der Waals surface area contributed by atoms with E-state index in [9.17, 15) is 4.79 Å². The molecule has 0 aliphatic carbocycles. The molecule has 0 atom stereocenters. The highest BCUT2D eigenvalue weighted by atomic mass is 32.1. The summed E-state index contributed by atoms with van der Waals surface area (Å²) in [6, 6.07) is 4.09. The standard InChI is InChI=1S/C12H16N4OS2/c1-14-12-15-10(13)9(19-12)11(17)16(2)6-5-8-4-3-7-18-8/h3-4,7H,5-6,13H2,1-2H3,(H,14,15). The van der Waals surface area contributed by atoms with Gasteiger partial charge in [0.15, 0.2) is 5.13 Å². The number of aromatic nitrogens is 1. The number of nitrogens with zero attached hydrogens (tertiary/aromatic N) is 2. The Kier molecular flexibility index (Phi) is 4.39. The van der Waals surface area contributed by atoms with Crippen LogP contribution in [0, 0.1) is 0 Å². The lowest BCUT2D eigenvalue weighted by Gasteiger charge is -2.15. The van der Waals surface area contributed by atoms with Crippen molar-refractivity contribution in [2.24, 2.45) is 0 Å². The van der Waals surface area contributed by atoms with Gasteiger partial charge in [0.25, 0.3) is 5.91 Å². The van der Waals surface area contributed by atoms with Gasteiger partial charge in [0.2, 0.25) is 0 Å². The fourth-order valence-corrected chi connectivity index (χ4v) is 3.13. The van der Waals surface area contributed by atoms with Crippen LogP contribution in [0.5, 0.6) is 0 Å². The number of nitrogen functional groups attached to an aromatic ring is 1. The van der Waals surface area contributed by atoms with Crippen LogP contribution >= 0.6 is 22.7 Å². The minimum atomic E-state index is -0.0759. The molecule has 0 spiro atoms. The molecule has 102 valence electrons. The van der Waals surface area contributed by atoms with Crippen LogP contribution in [0.4, 0.5) is 10.9 Å². The Morgan fingerprint density at radius 1 is 1.58 bits per heavy atom. The largest absolute Gasteiger partial charge is 0.382 e. The van der Waals surface area contributed by atoms with Gasteiger partial charge in [-0.3, -0.25) is 4.79 Å². The van der Waals surface area contributed by atoms with E-state index in [2.05, 4.69) is 16.4 Å². The number of nitrogens with two attached hydrogens (primary N) is 1. The van der Waals surface area contributed by atoms with Crippen LogP contribution < -0.4 is 11.1 Å². The Hall–Kier alpha value is -1.60. The summed E-state index contributed by atoms with van der Waals surface area (Å²) in [7, 11) is 3.54. The van der Waals surface area contributed by atoms with Crippen LogP contribution in [0.25, 0.3) is 0 Å². The van der Waals surface area contributed by atoms with Gasteiger partial charge in [0.05, 0.1) is 0 Å². The number of hydrogen-bond acceptors (Lipinski definition) is 6. The molecule has 5 nitrogen and oxygen atoms in total. The number of carbonyl (C=O) groups excluding carboxylic acids is 1. The summed E-state index contributed by atoms with van der Waals surface area (Å²) < 4.78 is 0. The highest BCUT2D eigenvalue weighted by Gasteiger charge is 2.19. The maximum absolute atomic E-state index is 12.2. The molecule has 2 rings (SSSR count). The Balaban J connectivity index is 1.99. The summed E-state index contributed by atoms with van der Waals surface area (Å²) in [5, 5.41) is 5.59. The number of anilines is 2. The zero-order chi connectivity index (χ0) is 13.8. The smallest absolute Gasteiger partial charge is 0.267 e. The predicted octanol–water partition coefficient (Wildman–Crippen LogP) is 2.14. The average Bonchev–Trinajstić information content (AvgIpc) is 3.04. The Morgan fingerprint density at radius 2 is 2.37 bits per heavy atom. The molecular formula is C12H16N4OS2. The predicted molar refractivity (Wildman–Crippen MR) is 81.1 cm³/mol. The molecule has 0 aliphatic rings. The van der Waals surface area contributed by atoms with Crippen molar-refractivity contribution in [3.8, 4) is 0 Å². The first-order chi connectivity index (χ1) is 9.11. The summed E-state index contributed by atoms with van der Waals surface area (Å²) in [5.74, 6) is 0.218. The molecule has 3 N–H and O–H groups in total. The van der Waals surface area contributed by atoms with Crippen molar-refractivity contribution in [2.75, 3.05) is 31.7 Å². The second kappa shape index (κ2) is 6.03. The molecule has 0 radical (unpaired) electrons. The van der Waals surface area contributed by atoms with Gasteiger partial charge in [-0.15, -0.1) is 11.3 Å². The summed E-state index contributed by atoms with van der Waals surface area (Å²) in [6.45, 7) is 0.672. The maximum atomic E-state index is 12.2. The maximum Gasteiger partial charge on any atom is 0.267 e. The first-order valence-electron chi connectivity index (χ1n) is 5.83. The molecule has 0 fully saturated rings. The van der Waals surface area contributed by atoms with Gasteiger partial charge in [-0.25, -0.2) is 4.98 Å². The van der Waals surface area contributed by atoms with E-state index in [1.165, 1.54) is 16.2 Å². The second-order valence-corrected chi connectivity index (χ2v) is 6.07. The highest BCUT2D eigenvalue weighted by Crippen LogP contribution is 2.25. The third kappa shape index (κ3) is 3.24. The summed E-state index contributed by atoms with van der Waals surface area (Å²) in [6.07, 6.45) is 0.859. The topological polar surface area (TPSA) is 71.2 Å². The second-order valence-electron chi connectivity index (χ2n) is 4.04. The lowest BCUT2D eigenvalue weighted by Crippen LogP contribution is -2.28. The molecular weight excluding hydrogens is 280 g/mol. The van der Waals surface area contributed by atoms with Crippen LogP contribution in [0.1, 0.15) is 14.5 Å². The van der Waals surface area contributed by atoms with Gasteiger partial charge in [0.1, 0.15) is 10.7 Å². The number of thiazole rings is 1. The van der Waals surface area contributed by atoms with E-state index in [-0.39, 0.29) is 5.91 Å². The van der Waals surface area contributed by atoms with E-state index >= 15 is 0 Å². The molecule has 0 aliphatic heterocycles. The zero-order valence-electron chi connectivity index (χ0n) is 10.8. The third-order valence-corrected chi connectivity index (χ3v) is 4.69. The zero-order valence-corrected chi connectivity index (χ0v) is 12.5. The Bertz CT molecular complexity index is 550. The normalized spacial score (nSPS) is 10.4. The van der Waals surface area contributed by atoms with Gasteiger partial charge in [0, 0.05) is 25.5 Å². The number of likely N-dealkylation sites (N-methyl/N-ethyl adjacent to an activating group) is 1. The molecule has 2 heterocycles. The first-order valence-corrected chi connectivity index (χ1v) is 7.53. The summed E-state index contributed by atoms with van der Waals surface area (Å²) in [5.41, 5.74) is 5.76. The number of carbonyl (C=O) groups is 1. The Labute approximate surface area is 120 Å². The first kappa shape index (κ1) is 13.8. The quantitative estimate of drug-likeness (QED) is 0.887. The fraction of sp³-hybridized carbons (Fsp3) is 0.333. The van der Waals surface area contributed by atoms with Crippen LogP contribution in [-0.2, 0) is 6.42 Å². The number of nitrogens with one attached hydrogen (secondary N) is 1. The molecule has 0 bridgehead atoms. The van der Waals surface area contributed by atoms with E-state index in [0.717, 1.165) is 6.42 Å². The van der Waals surface area contributed by atoms with Crippen LogP contribution in [-0.4, -0.2) is 36.4 Å². The van der Waals surface area contributed by atoms with Gasteiger partial charge >= 0.3 is 0 Å². The van der Waals surface area contributed by atoms with Gasteiger partial charge < -0.3 is 16.0 Å². The number of thiophene rings is 1. The molecule has 19 heavy (non-hydrogen) atoms. The molecule has 0 saturated carbocycles. The van der Waals surface area contributed by atoms with Crippen molar-refractivity contribution in [1.29, 1.82) is 0 Å². The van der Waals surface area contributed by atoms with Crippen molar-refractivity contribution in [3.63, 3.8) is 0 Å². The lowest BCUT2D eigenvalue weighted by atomic mass is 10.3. The molecule has 2 aromatic rings. The average molecular weight is 296 g/mol. The summed E-state index contributed by atoms with van der Waals surface area (Å²) in [4.78, 5) is 19.8.